The van der Waals surface area contributed by atoms with Crippen molar-refractivity contribution in [1.82, 2.24) is 19.1 Å². The van der Waals surface area contributed by atoms with E-state index in [0.717, 1.165) is 5.56 Å². The molecule has 0 spiro atoms. The number of aromatic hydroxyl groups is 1. The zero-order valence-corrected chi connectivity index (χ0v) is 19.8. The summed E-state index contributed by atoms with van der Waals surface area (Å²) in [7, 11) is -1.11. The summed E-state index contributed by atoms with van der Waals surface area (Å²) in [6.45, 7) is 1.92. The summed E-state index contributed by atoms with van der Waals surface area (Å²) in [5, 5.41) is 11.3. The minimum Gasteiger partial charge on any atom is -0.505 e. The van der Waals surface area contributed by atoms with Crippen LogP contribution in [0.5, 0.6) is 11.5 Å². The van der Waals surface area contributed by atoms with E-state index in [9.17, 15) is 23.3 Å². The van der Waals surface area contributed by atoms with Gasteiger partial charge in [0, 0.05) is 56.1 Å². The van der Waals surface area contributed by atoms with Crippen molar-refractivity contribution < 1.29 is 28.0 Å². The van der Waals surface area contributed by atoms with Crippen LogP contribution < -0.4 is 4.74 Å². The maximum Gasteiger partial charge on any atom is 0.415 e. The summed E-state index contributed by atoms with van der Waals surface area (Å²) in [5.41, 5.74) is 1.33. The molecule has 2 aliphatic rings. The maximum absolute atomic E-state index is 13.3. The van der Waals surface area contributed by atoms with Crippen LogP contribution in [-0.2, 0) is 24.1 Å². The van der Waals surface area contributed by atoms with E-state index in [1.54, 1.807) is 34.8 Å². The average Bonchev–Trinajstić information content (AvgIpc) is 3.19. The molecular formula is C24H23FN4O5S. The average molecular weight is 499 g/mol. The summed E-state index contributed by atoms with van der Waals surface area (Å²) in [6.07, 6.45) is 2.50. The fourth-order valence-electron chi connectivity index (χ4n) is 4.45. The highest BCUT2D eigenvalue weighted by Gasteiger charge is 2.37. The number of amides is 2. The van der Waals surface area contributed by atoms with Gasteiger partial charge in [-0.2, -0.15) is 0 Å². The molecule has 1 saturated heterocycles. The second kappa shape index (κ2) is 9.23. The van der Waals surface area contributed by atoms with E-state index in [2.05, 4.69) is 4.98 Å². The lowest BCUT2D eigenvalue weighted by molar-refractivity contribution is 0.0764. The number of phenolic OH excluding ortho intramolecular Hbond substituents is 1. The first-order valence-corrected chi connectivity index (χ1v) is 12.6. The molecule has 3 heterocycles. The molecule has 0 radical (unpaired) electrons. The first kappa shape index (κ1) is 23.2. The Morgan fingerprint density at radius 2 is 1.89 bits per heavy atom. The van der Waals surface area contributed by atoms with Gasteiger partial charge >= 0.3 is 6.09 Å². The Kier molecular flexibility index (Phi) is 6.12. The molecule has 5 rings (SSSR count). The summed E-state index contributed by atoms with van der Waals surface area (Å²) >= 11 is 0. The van der Waals surface area contributed by atoms with Crippen LogP contribution in [0.4, 0.5) is 9.18 Å². The number of carbonyl (C=O) groups is 2. The predicted molar refractivity (Wildman–Crippen MR) is 127 cm³/mol. The molecule has 9 nitrogen and oxygen atoms in total. The smallest absolute Gasteiger partial charge is 0.415 e. The molecule has 0 saturated carbocycles. The zero-order valence-electron chi connectivity index (χ0n) is 18.9. The molecule has 1 unspecified atom stereocenters. The van der Waals surface area contributed by atoms with E-state index < -0.39 is 23.0 Å². The van der Waals surface area contributed by atoms with Gasteiger partial charge in [-0.15, -0.1) is 0 Å². The minimum atomic E-state index is -1.11. The topological polar surface area (TPSA) is 103 Å². The number of benzene rings is 2. The number of hydrogen-bond acceptors (Lipinski definition) is 6. The summed E-state index contributed by atoms with van der Waals surface area (Å²) < 4.78 is 32.6. The van der Waals surface area contributed by atoms with Crippen LogP contribution in [0.25, 0.3) is 10.9 Å². The van der Waals surface area contributed by atoms with Gasteiger partial charge in [-0.3, -0.25) is 9.78 Å². The van der Waals surface area contributed by atoms with Crippen molar-refractivity contribution in [3.8, 4) is 11.5 Å². The number of carbonyl (C=O) groups excluding carboxylic acids is 2. The number of hydrogen-bond donors (Lipinski definition) is 1. The Labute approximate surface area is 203 Å². The van der Waals surface area contributed by atoms with Crippen LogP contribution >= 0.6 is 0 Å². The van der Waals surface area contributed by atoms with Crippen molar-refractivity contribution in [2.75, 3.05) is 32.4 Å². The number of rotatable bonds is 4. The third-order valence-corrected chi connectivity index (χ3v) is 7.37. The molecule has 2 aliphatic heterocycles. The molecule has 2 aromatic carbocycles. The molecule has 0 aliphatic carbocycles. The fraction of sp³-hybridized carbons (Fsp3) is 0.292. The predicted octanol–water partition coefficient (Wildman–Crippen LogP) is 2.65. The SMILES string of the molecule is CS(=O)N1CCN(C(=O)Oc2c3c(c(O)c4ncccc24)C(=O)N(Cc2ccc(F)cc2)C3)CC1. The van der Waals surface area contributed by atoms with Crippen molar-refractivity contribution in [1.29, 1.82) is 0 Å². The normalized spacial score (nSPS) is 17.0. The first-order chi connectivity index (χ1) is 16.8. The second-order valence-corrected chi connectivity index (χ2v) is 9.79. The van der Waals surface area contributed by atoms with Gasteiger partial charge in [0.05, 0.1) is 23.1 Å². The van der Waals surface area contributed by atoms with Gasteiger partial charge in [0.2, 0.25) is 0 Å². The molecule has 35 heavy (non-hydrogen) atoms. The molecule has 1 N–H and O–H groups in total. The van der Waals surface area contributed by atoms with E-state index in [0.29, 0.717) is 37.1 Å². The Morgan fingerprint density at radius 1 is 1.17 bits per heavy atom. The van der Waals surface area contributed by atoms with Crippen LogP contribution in [-0.4, -0.2) is 72.8 Å². The highest BCUT2D eigenvalue weighted by Crippen LogP contribution is 2.44. The van der Waals surface area contributed by atoms with Gasteiger partial charge in [-0.05, 0) is 29.8 Å². The lowest BCUT2D eigenvalue weighted by Gasteiger charge is -2.32. The zero-order chi connectivity index (χ0) is 24.7. The summed E-state index contributed by atoms with van der Waals surface area (Å²) in [4.78, 5) is 33.5. The van der Waals surface area contributed by atoms with E-state index in [1.807, 2.05) is 0 Å². The van der Waals surface area contributed by atoms with Crippen molar-refractivity contribution in [2.24, 2.45) is 0 Å². The second-order valence-electron chi connectivity index (χ2n) is 8.43. The van der Waals surface area contributed by atoms with Gasteiger partial charge in [0.15, 0.2) is 5.75 Å². The van der Waals surface area contributed by atoms with Gasteiger partial charge < -0.3 is 19.6 Å². The quantitative estimate of drug-likeness (QED) is 0.593. The lowest BCUT2D eigenvalue weighted by Crippen LogP contribution is -2.49. The van der Waals surface area contributed by atoms with Crippen molar-refractivity contribution >= 4 is 33.9 Å². The van der Waals surface area contributed by atoms with E-state index in [1.165, 1.54) is 28.1 Å². The van der Waals surface area contributed by atoms with Crippen LogP contribution in [0.3, 0.4) is 0 Å². The number of halogens is 1. The third-order valence-electron chi connectivity index (χ3n) is 6.28. The van der Waals surface area contributed by atoms with Gasteiger partial charge in [-0.25, -0.2) is 17.7 Å². The van der Waals surface area contributed by atoms with E-state index in [-0.39, 0.29) is 41.5 Å². The number of piperazine rings is 1. The number of ether oxygens (including phenoxy) is 1. The highest BCUT2D eigenvalue weighted by molar-refractivity contribution is 7.81. The number of aromatic nitrogens is 1. The highest BCUT2D eigenvalue weighted by atomic mass is 32.2. The van der Waals surface area contributed by atoms with Gasteiger partial charge in [-0.1, -0.05) is 12.1 Å². The molecule has 0 bridgehead atoms. The molecule has 1 atom stereocenters. The molecular weight excluding hydrogens is 475 g/mol. The summed E-state index contributed by atoms with van der Waals surface area (Å²) in [6, 6.07) is 9.16. The van der Waals surface area contributed by atoms with E-state index in [4.69, 9.17) is 4.74 Å². The Balaban J connectivity index is 1.47. The number of fused-ring (bicyclic) bond motifs is 2. The lowest BCUT2D eigenvalue weighted by atomic mass is 10.0. The van der Waals surface area contributed by atoms with Crippen molar-refractivity contribution in [3.05, 3.63) is 65.1 Å². The van der Waals surface area contributed by atoms with Crippen LogP contribution in [0.2, 0.25) is 0 Å². The number of phenols is 1. The molecule has 3 aromatic rings. The molecule has 1 fully saturated rings. The van der Waals surface area contributed by atoms with Gasteiger partial charge in [0.1, 0.15) is 17.1 Å². The number of pyridine rings is 1. The molecule has 11 heteroatoms. The Bertz CT molecular complexity index is 1340. The Morgan fingerprint density at radius 3 is 2.57 bits per heavy atom. The van der Waals surface area contributed by atoms with Crippen LogP contribution in [0.1, 0.15) is 21.5 Å². The largest absolute Gasteiger partial charge is 0.505 e. The number of nitrogens with zero attached hydrogens (tertiary/aromatic N) is 4. The molecule has 2 amide bonds. The fourth-order valence-corrected chi connectivity index (χ4v) is 5.13. The molecule has 182 valence electrons. The maximum atomic E-state index is 13.3. The van der Waals surface area contributed by atoms with Crippen molar-refractivity contribution in [2.45, 2.75) is 13.1 Å². The minimum absolute atomic E-state index is 0.0484. The Hall–Kier alpha value is -3.57. The van der Waals surface area contributed by atoms with Crippen LogP contribution in [0, 0.1) is 5.82 Å². The summed E-state index contributed by atoms with van der Waals surface area (Å²) in [5.74, 6) is -0.880. The standard InChI is InChI=1S/C24H23FN4O5S/c1-35(33)29-11-9-27(10-12-29)24(32)34-22-17-3-2-8-26-20(17)21(30)19-18(22)14-28(23(19)31)13-15-4-6-16(25)7-5-15/h2-8,30H,9-14H2,1H3. The van der Waals surface area contributed by atoms with Crippen LogP contribution in [0.15, 0.2) is 42.6 Å². The van der Waals surface area contributed by atoms with Crippen molar-refractivity contribution in [3.63, 3.8) is 0 Å². The molecule has 1 aromatic heterocycles. The monoisotopic (exact) mass is 498 g/mol. The van der Waals surface area contributed by atoms with Gasteiger partial charge in [0.25, 0.3) is 5.91 Å². The third kappa shape index (κ3) is 4.32. The first-order valence-electron chi connectivity index (χ1n) is 11.0. The van der Waals surface area contributed by atoms with E-state index >= 15 is 0 Å².